The Labute approximate surface area is 185 Å². The Morgan fingerprint density at radius 3 is 2.47 bits per heavy atom. The second-order valence-corrected chi connectivity index (χ2v) is 8.43. The quantitative estimate of drug-likeness (QED) is 0.632. The van der Waals surface area contributed by atoms with Gasteiger partial charge in [0.15, 0.2) is 5.82 Å². The van der Waals surface area contributed by atoms with Crippen LogP contribution in [0.15, 0.2) is 30.3 Å². The fraction of sp³-hybridized carbons (Fsp3) is 0.391. The lowest BCUT2D eigenvalue weighted by Gasteiger charge is -2.48. The number of H-pyrrole nitrogens is 1. The van der Waals surface area contributed by atoms with Crippen LogP contribution in [0, 0.1) is 25.5 Å². The van der Waals surface area contributed by atoms with Crippen molar-refractivity contribution in [2.45, 2.75) is 19.9 Å². The van der Waals surface area contributed by atoms with Gasteiger partial charge in [0.1, 0.15) is 11.6 Å². The summed E-state index contributed by atoms with van der Waals surface area (Å²) in [6.45, 7) is 9.76. The average Bonchev–Trinajstić information content (AvgIpc) is 3.19. The number of hydrogen-bond acceptors (Lipinski definition) is 6. The number of benzene rings is 2. The van der Waals surface area contributed by atoms with Gasteiger partial charge in [-0.3, -0.25) is 10.00 Å². The van der Waals surface area contributed by atoms with Crippen LogP contribution in [-0.4, -0.2) is 65.5 Å². The van der Waals surface area contributed by atoms with E-state index in [1.54, 1.807) is 0 Å². The largest absolute Gasteiger partial charge is 0.379 e. The van der Waals surface area contributed by atoms with Crippen molar-refractivity contribution in [2.75, 3.05) is 49.6 Å². The molecule has 0 unspecified atom stereocenters. The maximum Gasteiger partial charge on any atom is 0.246 e. The smallest absolute Gasteiger partial charge is 0.246 e. The first-order valence-electron chi connectivity index (χ1n) is 10.8. The Morgan fingerprint density at radius 2 is 1.75 bits per heavy atom. The van der Waals surface area contributed by atoms with Crippen LogP contribution in [0.5, 0.6) is 0 Å². The number of aromatic nitrogens is 3. The number of rotatable bonds is 5. The Bertz CT molecular complexity index is 1100. The average molecular weight is 440 g/mol. The molecule has 2 N–H and O–H groups in total. The molecule has 9 heteroatoms. The van der Waals surface area contributed by atoms with Crippen LogP contribution in [0.3, 0.4) is 0 Å². The van der Waals surface area contributed by atoms with Gasteiger partial charge < -0.3 is 15.0 Å². The van der Waals surface area contributed by atoms with E-state index in [4.69, 9.17) is 4.74 Å². The van der Waals surface area contributed by atoms with E-state index < -0.39 is 11.6 Å². The van der Waals surface area contributed by atoms with Gasteiger partial charge in [-0.15, -0.1) is 5.10 Å². The molecule has 2 aromatic carbocycles. The van der Waals surface area contributed by atoms with Gasteiger partial charge in [0.25, 0.3) is 0 Å². The first-order chi connectivity index (χ1) is 15.5. The molecule has 0 bridgehead atoms. The van der Waals surface area contributed by atoms with Gasteiger partial charge in [-0.05, 0) is 49.2 Å². The lowest BCUT2D eigenvalue weighted by molar-refractivity contribution is 0.0105. The Hall–Kier alpha value is -3.04. The molecule has 3 aromatic rings. The van der Waals surface area contributed by atoms with Crippen molar-refractivity contribution in [2.24, 2.45) is 0 Å². The molecular formula is C23H26F2N6O. The molecule has 3 heterocycles. The van der Waals surface area contributed by atoms with Crippen molar-refractivity contribution in [3.05, 3.63) is 53.1 Å². The summed E-state index contributed by atoms with van der Waals surface area (Å²) in [5.74, 6) is -0.670. The van der Waals surface area contributed by atoms with E-state index in [2.05, 4.69) is 49.4 Å². The van der Waals surface area contributed by atoms with E-state index in [0.29, 0.717) is 23.4 Å². The maximum atomic E-state index is 13.5. The predicted octanol–water partition coefficient (Wildman–Crippen LogP) is 3.63. The highest BCUT2D eigenvalue weighted by atomic mass is 19.1. The minimum Gasteiger partial charge on any atom is -0.379 e. The SMILES string of the molecule is Cc1cc(N2CC(N3CCOCC3)C2)cc(Nc2n[nH]c(-c3cc(F)cc(F)c3)n2)c1C. The molecule has 2 fully saturated rings. The van der Waals surface area contributed by atoms with Crippen molar-refractivity contribution in [3.8, 4) is 11.4 Å². The van der Waals surface area contributed by atoms with Crippen LogP contribution in [0.25, 0.3) is 11.4 Å². The molecule has 2 aliphatic heterocycles. The van der Waals surface area contributed by atoms with Gasteiger partial charge in [-0.1, -0.05) is 0 Å². The highest BCUT2D eigenvalue weighted by molar-refractivity contribution is 5.69. The van der Waals surface area contributed by atoms with Crippen molar-refractivity contribution in [1.29, 1.82) is 0 Å². The normalized spacial score (nSPS) is 17.4. The van der Waals surface area contributed by atoms with E-state index in [0.717, 1.165) is 62.4 Å². The van der Waals surface area contributed by atoms with Gasteiger partial charge in [0.05, 0.1) is 13.2 Å². The number of hydrogen-bond donors (Lipinski definition) is 2. The van der Waals surface area contributed by atoms with Crippen LogP contribution < -0.4 is 10.2 Å². The molecule has 2 aliphatic rings. The molecule has 168 valence electrons. The molecule has 0 amide bonds. The molecule has 0 saturated carbocycles. The summed E-state index contributed by atoms with van der Waals surface area (Å²) in [5.41, 5.74) is 4.64. The molecule has 7 nitrogen and oxygen atoms in total. The third kappa shape index (κ3) is 4.18. The highest BCUT2D eigenvalue weighted by Gasteiger charge is 2.33. The highest BCUT2D eigenvalue weighted by Crippen LogP contribution is 2.32. The van der Waals surface area contributed by atoms with Gasteiger partial charge in [-0.25, -0.2) is 8.78 Å². The van der Waals surface area contributed by atoms with Crippen LogP contribution in [0.4, 0.5) is 26.1 Å². The number of anilines is 3. The standard InChI is InChI=1S/C23H26F2N6O/c1-14-7-19(31-12-20(13-31)30-3-5-32-6-4-30)11-21(15(14)2)26-23-27-22(28-29-23)16-8-17(24)10-18(25)9-16/h7-11,20H,3-6,12-13H2,1-2H3,(H2,26,27,28,29). The number of aromatic amines is 1. The number of ether oxygens (including phenoxy) is 1. The third-order valence-electron chi connectivity index (χ3n) is 6.31. The molecule has 2 saturated heterocycles. The fourth-order valence-corrected chi connectivity index (χ4v) is 4.25. The van der Waals surface area contributed by atoms with Crippen LogP contribution in [0.1, 0.15) is 11.1 Å². The number of nitrogens with one attached hydrogen (secondary N) is 2. The predicted molar refractivity (Wildman–Crippen MR) is 119 cm³/mol. The molecule has 0 radical (unpaired) electrons. The molecule has 32 heavy (non-hydrogen) atoms. The zero-order valence-corrected chi connectivity index (χ0v) is 18.2. The minimum absolute atomic E-state index is 0.299. The summed E-state index contributed by atoms with van der Waals surface area (Å²) in [5, 5.41) is 10.2. The summed E-state index contributed by atoms with van der Waals surface area (Å²) in [4.78, 5) is 9.24. The zero-order valence-electron chi connectivity index (χ0n) is 18.2. The van der Waals surface area contributed by atoms with E-state index in [1.807, 2.05) is 6.92 Å². The summed E-state index contributed by atoms with van der Waals surface area (Å²) in [7, 11) is 0. The number of halogens is 2. The van der Waals surface area contributed by atoms with Crippen LogP contribution in [0.2, 0.25) is 0 Å². The van der Waals surface area contributed by atoms with E-state index >= 15 is 0 Å². The van der Waals surface area contributed by atoms with E-state index in [1.165, 1.54) is 17.7 Å². The second kappa shape index (κ2) is 8.48. The first-order valence-corrected chi connectivity index (χ1v) is 10.8. The molecule has 0 atom stereocenters. The Balaban J connectivity index is 1.31. The fourth-order valence-electron chi connectivity index (χ4n) is 4.25. The van der Waals surface area contributed by atoms with Gasteiger partial charge in [-0.2, -0.15) is 4.98 Å². The lowest BCUT2D eigenvalue weighted by Crippen LogP contribution is -2.61. The van der Waals surface area contributed by atoms with E-state index in [-0.39, 0.29) is 0 Å². The Morgan fingerprint density at radius 1 is 1.03 bits per heavy atom. The first kappa shape index (κ1) is 20.8. The lowest BCUT2D eigenvalue weighted by atomic mass is 10.0. The monoisotopic (exact) mass is 440 g/mol. The summed E-state index contributed by atoms with van der Waals surface area (Å²) < 4.78 is 32.5. The van der Waals surface area contributed by atoms with Crippen molar-refractivity contribution in [3.63, 3.8) is 0 Å². The molecule has 0 aliphatic carbocycles. The molecule has 5 rings (SSSR count). The summed E-state index contributed by atoms with van der Waals surface area (Å²) in [6.07, 6.45) is 0. The third-order valence-corrected chi connectivity index (χ3v) is 6.31. The van der Waals surface area contributed by atoms with Crippen molar-refractivity contribution in [1.82, 2.24) is 20.1 Å². The number of nitrogens with zero attached hydrogens (tertiary/aromatic N) is 4. The molecular weight excluding hydrogens is 414 g/mol. The summed E-state index contributed by atoms with van der Waals surface area (Å²) >= 11 is 0. The van der Waals surface area contributed by atoms with Crippen LogP contribution in [-0.2, 0) is 4.74 Å². The summed E-state index contributed by atoms with van der Waals surface area (Å²) in [6, 6.07) is 8.15. The zero-order chi connectivity index (χ0) is 22.2. The second-order valence-electron chi connectivity index (χ2n) is 8.43. The molecule has 1 aromatic heterocycles. The molecule has 0 spiro atoms. The Kier molecular flexibility index (Phi) is 5.52. The topological polar surface area (TPSA) is 69.3 Å². The van der Waals surface area contributed by atoms with Gasteiger partial charge in [0.2, 0.25) is 5.95 Å². The van der Waals surface area contributed by atoms with Crippen LogP contribution >= 0.6 is 0 Å². The number of aryl methyl sites for hydroxylation is 1. The minimum atomic E-state index is -0.657. The van der Waals surface area contributed by atoms with E-state index in [9.17, 15) is 8.78 Å². The van der Waals surface area contributed by atoms with Gasteiger partial charge in [0, 0.05) is 55.2 Å². The van der Waals surface area contributed by atoms with Crippen molar-refractivity contribution < 1.29 is 13.5 Å². The van der Waals surface area contributed by atoms with Gasteiger partial charge >= 0.3 is 0 Å². The maximum absolute atomic E-state index is 13.5. The number of morpholine rings is 1. The van der Waals surface area contributed by atoms with Crippen molar-refractivity contribution >= 4 is 17.3 Å².